The minimum atomic E-state index is -0.402. The van der Waals surface area contributed by atoms with Crippen LogP contribution in [0.15, 0.2) is 24.3 Å². The third-order valence-electron chi connectivity index (χ3n) is 3.36. The molecule has 0 bridgehead atoms. The van der Waals surface area contributed by atoms with E-state index in [9.17, 15) is 14.0 Å². The van der Waals surface area contributed by atoms with E-state index in [2.05, 4.69) is 5.32 Å². The lowest BCUT2D eigenvalue weighted by Gasteiger charge is -2.28. The highest BCUT2D eigenvalue weighted by atomic mass is 19.1. The average molecular weight is 309 g/mol. The Bertz CT molecular complexity index is 539. The molecule has 2 amide bonds. The topological polar surface area (TPSA) is 61.9 Å². The van der Waals surface area contributed by atoms with Crippen LogP contribution in [-0.4, -0.2) is 68.0 Å². The second-order valence-electron chi connectivity index (χ2n) is 5.18. The molecule has 2 rings (SSSR count). The normalized spacial score (nSPS) is 14.9. The van der Waals surface area contributed by atoms with Gasteiger partial charge in [-0.05, 0) is 19.2 Å². The lowest BCUT2D eigenvalue weighted by molar-refractivity contribution is -0.138. The van der Waals surface area contributed by atoms with Crippen LogP contribution in [0.2, 0.25) is 0 Å². The van der Waals surface area contributed by atoms with Crippen LogP contribution in [0.1, 0.15) is 0 Å². The van der Waals surface area contributed by atoms with Crippen molar-refractivity contribution >= 4 is 11.8 Å². The Morgan fingerprint density at radius 1 is 1.45 bits per heavy atom. The quantitative estimate of drug-likeness (QED) is 0.809. The first kappa shape index (κ1) is 16.2. The van der Waals surface area contributed by atoms with Crippen molar-refractivity contribution in [2.75, 3.05) is 46.4 Å². The van der Waals surface area contributed by atoms with Gasteiger partial charge < -0.3 is 15.0 Å². The van der Waals surface area contributed by atoms with Crippen molar-refractivity contribution in [3.8, 4) is 5.75 Å². The van der Waals surface area contributed by atoms with Gasteiger partial charge in [-0.15, -0.1) is 0 Å². The monoisotopic (exact) mass is 309 g/mol. The molecule has 1 aromatic rings. The van der Waals surface area contributed by atoms with Crippen LogP contribution in [0, 0.1) is 5.82 Å². The molecule has 1 aromatic carbocycles. The minimum Gasteiger partial charge on any atom is -0.489 e. The van der Waals surface area contributed by atoms with Crippen molar-refractivity contribution in [1.29, 1.82) is 0 Å². The van der Waals surface area contributed by atoms with E-state index in [1.54, 1.807) is 30.1 Å². The fourth-order valence-electron chi connectivity index (χ4n) is 2.13. The van der Waals surface area contributed by atoms with Gasteiger partial charge in [0.05, 0.1) is 13.1 Å². The summed E-state index contributed by atoms with van der Waals surface area (Å²) in [6.07, 6.45) is 0. The number of hydrogen-bond donors (Lipinski definition) is 1. The van der Waals surface area contributed by atoms with E-state index in [0.717, 1.165) is 0 Å². The zero-order valence-corrected chi connectivity index (χ0v) is 12.5. The van der Waals surface area contributed by atoms with Gasteiger partial charge in [-0.1, -0.05) is 12.1 Å². The molecule has 1 aliphatic heterocycles. The van der Waals surface area contributed by atoms with Crippen LogP contribution in [-0.2, 0) is 9.59 Å². The first-order valence-electron chi connectivity index (χ1n) is 7.16. The molecule has 22 heavy (non-hydrogen) atoms. The van der Waals surface area contributed by atoms with E-state index in [1.165, 1.54) is 11.0 Å². The summed E-state index contributed by atoms with van der Waals surface area (Å²) >= 11 is 0. The third kappa shape index (κ3) is 4.70. The van der Waals surface area contributed by atoms with Gasteiger partial charge in [0.25, 0.3) is 0 Å². The molecule has 0 saturated carbocycles. The van der Waals surface area contributed by atoms with Gasteiger partial charge >= 0.3 is 0 Å². The molecule has 120 valence electrons. The molecule has 7 heteroatoms. The zero-order chi connectivity index (χ0) is 15.9. The van der Waals surface area contributed by atoms with E-state index in [4.69, 9.17) is 4.74 Å². The maximum Gasteiger partial charge on any atom is 0.239 e. The van der Waals surface area contributed by atoms with Crippen LogP contribution in [0.4, 0.5) is 4.39 Å². The van der Waals surface area contributed by atoms with Crippen molar-refractivity contribution in [2.24, 2.45) is 0 Å². The number of nitrogens with one attached hydrogen (secondary N) is 1. The van der Waals surface area contributed by atoms with Crippen LogP contribution < -0.4 is 10.1 Å². The van der Waals surface area contributed by atoms with Gasteiger partial charge in [-0.3, -0.25) is 14.5 Å². The molecule has 0 spiro atoms. The molecule has 6 nitrogen and oxygen atoms in total. The van der Waals surface area contributed by atoms with Gasteiger partial charge in [0.1, 0.15) is 6.61 Å². The summed E-state index contributed by atoms with van der Waals surface area (Å²) in [6, 6.07) is 6.20. The number of amides is 2. The SMILES string of the molecule is CN(CCOc1ccccc1F)CC(=O)N1CCNC(=O)C1. The van der Waals surface area contributed by atoms with Crippen LogP contribution in [0.3, 0.4) is 0 Å². The molecule has 1 fully saturated rings. The number of benzene rings is 1. The largest absolute Gasteiger partial charge is 0.489 e. The molecular formula is C15H20FN3O3. The Morgan fingerprint density at radius 2 is 2.23 bits per heavy atom. The predicted molar refractivity (Wildman–Crippen MR) is 79.0 cm³/mol. The van der Waals surface area contributed by atoms with Crippen LogP contribution in [0.25, 0.3) is 0 Å². The summed E-state index contributed by atoms with van der Waals surface area (Å²) in [6.45, 7) is 2.10. The molecule has 1 aliphatic rings. The Hall–Kier alpha value is -2.15. The Morgan fingerprint density at radius 3 is 2.95 bits per heavy atom. The first-order valence-corrected chi connectivity index (χ1v) is 7.16. The fraction of sp³-hybridized carbons (Fsp3) is 0.467. The number of carbonyl (C=O) groups is 2. The molecular weight excluding hydrogens is 289 g/mol. The van der Waals surface area contributed by atoms with Crippen molar-refractivity contribution in [3.63, 3.8) is 0 Å². The standard InChI is InChI=1S/C15H20FN3O3/c1-18(8-9-22-13-5-3-2-4-12(13)16)11-15(21)19-7-6-17-14(20)10-19/h2-5H,6-11H2,1H3,(H,17,20). The van der Waals surface area contributed by atoms with Crippen LogP contribution >= 0.6 is 0 Å². The number of hydrogen-bond acceptors (Lipinski definition) is 4. The number of rotatable bonds is 6. The molecule has 0 unspecified atom stereocenters. The number of para-hydroxylation sites is 1. The smallest absolute Gasteiger partial charge is 0.239 e. The highest BCUT2D eigenvalue weighted by Gasteiger charge is 2.21. The van der Waals surface area contributed by atoms with Gasteiger partial charge in [0.2, 0.25) is 11.8 Å². The molecule has 1 saturated heterocycles. The summed E-state index contributed by atoms with van der Waals surface area (Å²) in [4.78, 5) is 26.6. The summed E-state index contributed by atoms with van der Waals surface area (Å²) in [5.41, 5.74) is 0. The molecule has 0 atom stereocenters. The second-order valence-corrected chi connectivity index (χ2v) is 5.18. The van der Waals surface area contributed by atoms with E-state index >= 15 is 0 Å². The zero-order valence-electron chi connectivity index (χ0n) is 12.5. The van der Waals surface area contributed by atoms with E-state index < -0.39 is 5.82 Å². The number of piperazine rings is 1. The number of nitrogens with zero attached hydrogens (tertiary/aromatic N) is 2. The summed E-state index contributed by atoms with van der Waals surface area (Å²) in [5.74, 6) is -0.427. The third-order valence-corrected chi connectivity index (χ3v) is 3.36. The predicted octanol–water partition coefficient (Wildman–Crippen LogP) is 0.0947. The summed E-state index contributed by atoms with van der Waals surface area (Å²) in [7, 11) is 1.78. The number of carbonyl (C=O) groups excluding carboxylic acids is 2. The molecule has 0 aromatic heterocycles. The summed E-state index contributed by atoms with van der Waals surface area (Å²) in [5, 5.41) is 2.68. The van der Waals surface area contributed by atoms with Crippen LogP contribution in [0.5, 0.6) is 5.75 Å². The second kappa shape index (κ2) is 7.74. The fourth-order valence-corrected chi connectivity index (χ4v) is 2.13. The lowest BCUT2D eigenvalue weighted by Crippen LogP contribution is -2.52. The van der Waals surface area contributed by atoms with Gasteiger partial charge in [0.15, 0.2) is 11.6 Å². The highest BCUT2D eigenvalue weighted by Crippen LogP contribution is 2.14. The van der Waals surface area contributed by atoms with E-state index in [-0.39, 0.29) is 37.3 Å². The molecule has 0 aliphatic carbocycles. The Balaban J connectivity index is 1.71. The van der Waals surface area contributed by atoms with Crippen molar-refractivity contribution in [3.05, 3.63) is 30.1 Å². The van der Waals surface area contributed by atoms with Gasteiger partial charge in [-0.2, -0.15) is 0 Å². The molecule has 0 radical (unpaired) electrons. The number of likely N-dealkylation sites (N-methyl/N-ethyl adjacent to an activating group) is 1. The van der Waals surface area contributed by atoms with Crippen molar-refractivity contribution in [2.45, 2.75) is 0 Å². The first-order chi connectivity index (χ1) is 10.6. The maximum absolute atomic E-state index is 13.4. The lowest BCUT2D eigenvalue weighted by atomic mass is 10.3. The molecule has 1 N–H and O–H groups in total. The van der Waals surface area contributed by atoms with Crippen molar-refractivity contribution in [1.82, 2.24) is 15.1 Å². The average Bonchev–Trinajstić information content (AvgIpc) is 2.49. The maximum atomic E-state index is 13.4. The Kier molecular flexibility index (Phi) is 5.71. The number of ether oxygens (including phenoxy) is 1. The summed E-state index contributed by atoms with van der Waals surface area (Å²) < 4.78 is 18.7. The van der Waals surface area contributed by atoms with Gasteiger partial charge in [-0.25, -0.2) is 4.39 Å². The molecule has 1 heterocycles. The van der Waals surface area contributed by atoms with E-state index in [0.29, 0.717) is 19.6 Å². The highest BCUT2D eigenvalue weighted by molar-refractivity contribution is 5.86. The Labute approximate surface area is 128 Å². The van der Waals surface area contributed by atoms with Gasteiger partial charge in [0, 0.05) is 19.6 Å². The number of halogens is 1. The van der Waals surface area contributed by atoms with E-state index in [1.807, 2.05) is 0 Å². The minimum absolute atomic E-state index is 0.0942. The van der Waals surface area contributed by atoms with Crippen molar-refractivity contribution < 1.29 is 18.7 Å².